The lowest BCUT2D eigenvalue weighted by Gasteiger charge is -2.01. The van der Waals surface area contributed by atoms with E-state index in [1.165, 1.54) is 0 Å². The first kappa shape index (κ1) is 7.10. The van der Waals surface area contributed by atoms with Crippen LogP contribution in [0.2, 0.25) is 0 Å². The van der Waals surface area contributed by atoms with Gasteiger partial charge < -0.3 is 5.11 Å². The molecule has 59 valence electrons. The van der Waals surface area contributed by atoms with Crippen LogP contribution >= 0.6 is 0 Å². The maximum absolute atomic E-state index is 9.41. The largest absolute Gasteiger partial charge is 0.506 e. The van der Waals surface area contributed by atoms with E-state index < -0.39 is 0 Å². The molecule has 0 amide bonds. The van der Waals surface area contributed by atoms with Gasteiger partial charge in [0.1, 0.15) is 11.3 Å². The van der Waals surface area contributed by atoms with Crippen LogP contribution in [0, 0.1) is 6.92 Å². The molecule has 1 N–H and O–H groups in total. The molecule has 2 rings (SSSR count). The Labute approximate surface area is 70.5 Å². The zero-order valence-corrected chi connectivity index (χ0v) is 6.49. The highest BCUT2D eigenvalue weighted by Gasteiger charge is 2.01. The number of rotatable bonds is 0. The van der Waals surface area contributed by atoms with Gasteiger partial charge in [0, 0.05) is 11.6 Å². The van der Waals surface area contributed by atoms with Crippen molar-refractivity contribution in [2.24, 2.45) is 0 Å². The highest BCUT2D eigenvalue weighted by atomic mass is 16.3. The van der Waals surface area contributed by atoms with E-state index in [0.717, 1.165) is 10.9 Å². The smallest absolute Gasteiger partial charge is 0.141 e. The van der Waals surface area contributed by atoms with Gasteiger partial charge in [-0.2, -0.15) is 0 Å². The van der Waals surface area contributed by atoms with Crippen LogP contribution in [0.5, 0.6) is 5.75 Å². The SMILES string of the molecule is [CH2]c1ccc(O)c2ncccc12. The maximum atomic E-state index is 9.41. The molecule has 1 aromatic heterocycles. The second-order valence-electron chi connectivity index (χ2n) is 2.64. The minimum atomic E-state index is 0.206. The summed E-state index contributed by atoms with van der Waals surface area (Å²) in [7, 11) is 0. The lowest BCUT2D eigenvalue weighted by Crippen LogP contribution is -1.81. The quantitative estimate of drug-likeness (QED) is 0.637. The Morgan fingerprint density at radius 1 is 1.25 bits per heavy atom. The topological polar surface area (TPSA) is 33.1 Å². The number of hydrogen-bond acceptors (Lipinski definition) is 2. The van der Waals surface area contributed by atoms with E-state index in [2.05, 4.69) is 11.9 Å². The second kappa shape index (κ2) is 2.48. The summed E-state index contributed by atoms with van der Waals surface area (Å²) in [5, 5.41) is 10.3. The molecular formula is C10H8NO. The van der Waals surface area contributed by atoms with Crippen molar-refractivity contribution in [1.82, 2.24) is 4.98 Å². The van der Waals surface area contributed by atoms with Gasteiger partial charge in [-0.1, -0.05) is 12.1 Å². The van der Waals surface area contributed by atoms with Gasteiger partial charge in [-0.25, -0.2) is 0 Å². The van der Waals surface area contributed by atoms with Gasteiger partial charge in [0.05, 0.1) is 0 Å². The van der Waals surface area contributed by atoms with Crippen LogP contribution in [-0.4, -0.2) is 10.1 Å². The first-order chi connectivity index (χ1) is 5.79. The normalized spacial score (nSPS) is 10.4. The molecule has 0 aliphatic heterocycles. The van der Waals surface area contributed by atoms with Crippen LogP contribution in [0.25, 0.3) is 10.9 Å². The molecule has 0 aliphatic rings. The van der Waals surface area contributed by atoms with Crippen molar-refractivity contribution >= 4 is 10.9 Å². The van der Waals surface area contributed by atoms with Crippen molar-refractivity contribution < 1.29 is 5.11 Å². The number of hydrogen-bond donors (Lipinski definition) is 1. The van der Waals surface area contributed by atoms with Crippen LogP contribution in [0.3, 0.4) is 0 Å². The van der Waals surface area contributed by atoms with E-state index in [4.69, 9.17) is 0 Å². The summed E-state index contributed by atoms with van der Waals surface area (Å²) in [6, 6.07) is 7.11. The third-order valence-corrected chi connectivity index (χ3v) is 1.84. The predicted octanol–water partition coefficient (Wildman–Crippen LogP) is 2.12. The second-order valence-corrected chi connectivity index (χ2v) is 2.64. The number of benzene rings is 1. The summed E-state index contributed by atoms with van der Waals surface area (Å²) in [5.74, 6) is 0.206. The minimum absolute atomic E-state index is 0.206. The molecule has 12 heavy (non-hydrogen) atoms. The molecule has 1 heterocycles. The van der Waals surface area contributed by atoms with Gasteiger partial charge >= 0.3 is 0 Å². The highest BCUT2D eigenvalue weighted by Crippen LogP contribution is 2.24. The molecule has 0 fully saturated rings. The zero-order valence-electron chi connectivity index (χ0n) is 6.49. The Balaban J connectivity index is 2.95. The van der Waals surface area contributed by atoms with Crippen molar-refractivity contribution in [3.63, 3.8) is 0 Å². The van der Waals surface area contributed by atoms with Crippen molar-refractivity contribution in [2.45, 2.75) is 0 Å². The summed E-state index contributed by atoms with van der Waals surface area (Å²) in [5.41, 5.74) is 1.50. The van der Waals surface area contributed by atoms with Crippen molar-refractivity contribution in [3.8, 4) is 5.75 Å². The predicted molar refractivity (Wildman–Crippen MR) is 47.9 cm³/mol. The van der Waals surface area contributed by atoms with Gasteiger partial charge in [0.2, 0.25) is 0 Å². The Hall–Kier alpha value is -1.57. The Morgan fingerprint density at radius 2 is 2.08 bits per heavy atom. The van der Waals surface area contributed by atoms with Crippen LogP contribution in [0.15, 0.2) is 30.5 Å². The van der Waals surface area contributed by atoms with Crippen LogP contribution < -0.4 is 0 Å². The summed E-state index contributed by atoms with van der Waals surface area (Å²) in [6.07, 6.45) is 1.65. The highest BCUT2D eigenvalue weighted by molar-refractivity contribution is 5.87. The number of pyridine rings is 1. The molecule has 1 radical (unpaired) electrons. The fourth-order valence-corrected chi connectivity index (χ4v) is 1.22. The molecular weight excluding hydrogens is 150 g/mol. The molecule has 2 heteroatoms. The molecule has 0 bridgehead atoms. The average Bonchev–Trinajstić information content (AvgIpc) is 2.12. The van der Waals surface area contributed by atoms with E-state index >= 15 is 0 Å². The molecule has 0 unspecified atom stereocenters. The molecule has 2 nitrogen and oxygen atoms in total. The molecule has 2 aromatic rings. The van der Waals surface area contributed by atoms with Crippen LogP contribution in [0.4, 0.5) is 0 Å². The van der Waals surface area contributed by atoms with Crippen molar-refractivity contribution in [2.75, 3.05) is 0 Å². The maximum Gasteiger partial charge on any atom is 0.141 e. The first-order valence-corrected chi connectivity index (χ1v) is 3.67. The minimum Gasteiger partial charge on any atom is -0.506 e. The molecule has 0 aliphatic carbocycles. The van der Waals surface area contributed by atoms with E-state index in [1.807, 2.05) is 12.1 Å². The Kier molecular flexibility index (Phi) is 1.47. The first-order valence-electron chi connectivity index (χ1n) is 3.67. The van der Waals surface area contributed by atoms with Crippen LogP contribution in [-0.2, 0) is 0 Å². The van der Waals surface area contributed by atoms with Crippen LogP contribution in [0.1, 0.15) is 5.56 Å². The summed E-state index contributed by atoms with van der Waals surface area (Å²) in [4.78, 5) is 4.05. The molecule has 0 spiro atoms. The summed E-state index contributed by atoms with van der Waals surface area (Å²) < 4.78 is 0. The van der Waals surface area contributed by atoms with Gasteiger partial charge in [0.25, 0.3) is 0 Å². The summed E-state index contributed by atoms with van der Waals surface area (Å²) in [6.45, 7) is 3.84. The van der Waals surface area contributed by atoms with E-state index in [1.54, 1.807) is 18.3 Å². The molecule has 1 aromatic carbocycles. The number of phenolic OH excluding ortho intramolecular Hbond substituents is 1. The Morgan fingerprint density at radius 3 is 2.83 bits per heavy atom. The standard InChI is InChI=1S/C10H8NO/c1-7-4-5-9(12)10-8(7)3-2-6-11-10/h2-6,12H,1H2. The van der Waals surface area contributed by atoms with E-state index in [-0.39, 0.29) is 5.75 Å². The fraction of sp³-hybridized carbons (Fsp3) is 0. The van der Waals surface area contributed by atoms with Gasteiger partial charge in [-0.15, -0.1) is 0 Å². The third-order valence-electron chi connectivity index (χ3n) is 1.84. The number of fused-ring (bicyclic) bond motifs is 1. The average molecular weight is 158 g/mol. The van der Waals surface area contributed by atoms with Gasteiger partial charge in [0.15, 0.2) is 0 Å². The van der Waals surface area contributed by atoms with E-state index in [9.17, 15) is 5.11 Å². The van der Waals surface area contributed by atoms with Crippen molar-refractivity contribution in [1.29, 1.82) is 0 Å². The van der Waals surface area contributed by atoms with Gasteiger partial charge in [-0.3, -0.25) is 4.98 Å². The molecule has 0 saturated heterocycles. The van der Waals surface area contributed by atoms with E-state index in [0.29, 0.717) is 5.52 Å². The lowest BCUT2D eigenvalue weighted by atomic mass is 10.1. The summed E-state index contributed by atoms with van der Waals surface area (Å²) >= 11 is 0. The number of aromatic nitrogens is 1. The molecule has 0 saturated carbocycles. The number of nitrogens with zero attached hydrogens (tertiary/aromatic N) is 1. The fourth-order valence-electron chi connectivity index (χ4n) is 1.22. The zero-order chi connectivity index (χ0) is 8.55. The van der Waals surface area contributed by atoms with Crippen molar-refractivity contribution in [3.05, 3.63) is 42.9 Å². The number of aromatic hydroxyl groups is 1. The Bertz CT molecular complexity index is 383. The third kappa shape index (κ3) is 0.925. The molecule has 0 atom stereocenters. The number of phenols is 1. The lowest BCUT2D eigenvalue weighted by molar-refractivity contribution is 0.480. The van der Waals surface area contributed by atoms with Gasteiger partial charge in [-0.05, 0) is 24.6 Å². The monoisotopic (exact) mass is 158 g/mol.